The summed E-state index contributed by atoms with van der Waals surface area (Å²) in [6.45, 7) is 0. The van der Waals surface area contributed by atoms with Crippen molar-refractivity contribution in [3.8, 4) is 0 Å². The van der Waals surface area contributed by atoms with Crippen LogP contribution >= 0.6 is 11.8 Å². The number of hydrogen-bond acceptors (Lipinski definition) is 7. The molecule has 0 aromatic carbocycles. The molecule has 2 aliphatic rings. The molecular weight excluding hydrogens is 400 g/mol. The highest BCUT2D eigenvalue weighted by Crippen LogP contribution is 2.44. The number of nitrogens with zero attached hydrogens (tertiary/aromatic N) is 3. The lowest BCUT2D eigenvalue weighted by Crippen LogP contribution is -2.41. The molecule has 0 saturated heterocycles. The summed E-state index contributed by atoms with van der Waals surface area (Å²) in [6.07, 6.45) is 11.5. The number of thioether (sulfide) groups is 1. The summed E-state index contributed by atoms with van der Waals surface area (Å²) in [5.41, 5.74) is 6.67. The molecule has 1 aliphatic carbocycles. The minimum absolute atomic E-state index is 0.0550. The topological polar surface area (TPSA) is 84.4 Å². The summed E-state index contributed by atoms with van der Waals surface area (Å²) in [7, 11) is 0. The lowest BCUT2D eigenvalue weighted by atomic mass is 9.88. The van der Waals surface area contributed by atoms with Crippen molar-refractivity contribution < 1.29 is 13.6 Å². The van der Waals surface area contributed by atoms with Crippen LogP contribution in [0.15, 0.2) is 86.1 Å². The van der Waals surface area contributed by atoms with Gasteiger partial charge in [-0.05, 0) is 66.8 Å². The van der Waals surface area contributed by atoms with Gasteiger partial charge in [-0.3, -0.25) is 10.2 Å². The molecule has 0 radical (unpaired) electrons. The summed E-state index contributed by atoms with van der Waals surface area (Å²) < 4.78 is 11.2. The Morgan fingerprint density at radius 1 is 1.17 bits per heavy atom. The number of nitrogens with one attached hydrogen (secondary N) is 1. The van der Waals surface area contributed by atoms with E-state index in [1.807, 2.05) is 30.3 Å². The number of furan rings is 2. The standard InChI is InChI=1S/C22H20N4O3S/c27-19(14-30-22-23-9-4-10-24-22)26-21(18-8-3-12-29-18)17-7-1-5-15(20(17)25-26)13-16-6-2-11-28-16/h2-4,6,8-13,21,25H,1,5,7,14H2/b15-13+/t21-/m0/s1. The highest BCUT2D eigenvalue weighted by molar-refractivity contribution is 7.99. The molecule has 8 heteroatoms. The van der Waals surface area contributed by atoms with E-state index in [4.69, 9.17) is 8.83 Å². The molecule has 0 unspecified atom stereocenters. The minimum Gasteiger partial charge on any atom is -0.467 e. The lowest BCUT2D eigenvalue weighted by Gasteiger charge is -2.24. The number of allylic oxidation sites excluding steroid dienone is 1. The average molecular weight is 420 g/mol. The number of carbonyl (C=O) groups excluding carboxylic acids is 1. The molecule has 0 bridgehead atoms. The Bertz CT molecular complexity index is 1080. The van der Waals surface area contributed by atoms with Crippen molar-refractivity contribution in [3.05, 3.63) is 83.6 Å². The van der Waals surface area contributed by atoms with Crippen LogP contribution in [0.1, 0.15) is 36.8 Å². The van der Waals surface area contributed by atoms with Crippen LogP contribution in [0.3, 0.4) is 0 Å². The van der Waals surface area contributed by atoms with Gasteiger partial charge in [-0.25, -0.2) is 15.0 Å². The zero-order valence-electron chi connectivity index (χ0n) is 16.2. The Kier molecular flexibility index (Phi) is 5.15. The Morgan fingerprint density at radius 3 is 2.77 bits per heavy atom. The Labute approximate surface area is 177 Å². The maximum atomic E-state index is 13.2. The third-order valence-corrected chi connectivity index (χ3v) is 6.02. The van der Waals surface area contributed by atoms with Crippen LogP contribution in [0.4, 0.5) is 0 Å². The number of hydrogen-bond donors (Lipinski definition) is 1. The zero-order chi connectivity index (χ0) is 20.3. The summed E-state index contributed by atoms with van der Waals surface area (Å²) in [5.74, 6) is 1.73. The van der Waals surface area contributed by atoms with Crippen LogP contribution in [0.5, 0.6) is 0 Å². The van der Waals surface area contributed by atoms with Crippen LogP contribution in [-0.4, -0.2) is 26.6 Å². The van der Waals surface area contributed by atoms with Crippen molar-refractivity contribution in [2.24, 2.45) is 0 Å². The van der Waals surface area contributed by atoms with Crippen LogP contribution in [-0.2, 0) is 4.79 Å². The van der Waals surface area contributed by atoms with Gasteiger partial charge < -0.3 is 8.83 Å². The average Bonchev–Trinajstić information content (AvgIpc) is 3.53. The fourth-order valence-corrected chi connectivity index (χ4v) is 4.54. The molecular formula is C22H20N4O3S. The van der Waals surface area contributed by atoms with Crippen LogP contribution in [0, 0.1) is 0 Å². The second kappa shape index (κ2) is 8.23. The van der Waals surface area contributed by atoms with E-state index in [0.29, 0.717) is 5.16 Å². The number of hydrazine groups is 1. The second-order valence-electron chi connectivity index (χ2n) is 7.05. The summed E-state index contributed by atoms with van der Waals surface area (Å²) in [6, 6.07) is 9.06. The van der Waals surface area contributed by atoms with Crippen LogP contribution in [0.25, 0.3) is 6.08 Å². The molecule has 1 atom stereocenters. The first-order valence-corrected chi connectivity index (χ1v) is 10.8. The van der Waals surface area contributed by atoms with Gasteiger partial charge in [0.1, 0.15) is 17.6 Å². The molecule has 0 fully saturated rings. The van der Waals surface area contributed by atoms with Gasteiger partial charge in [0.05, 0.1) is 24.0 Å². The van der Waals surface area contributed by atoms with Gasteiger partial charge in [-0.1, -0.05) is 11.8 Å². The molecule has 5 rings (SSSR count). The summed E-state index contributed by atoms with van der Waals surface area (Å²) >= 11 is 1.32. The highest BCUT2D eigenvalue weighted by Gasteiger charge is 2.40. The molecule has 3 aromatic heterocycles. The Morgan fingerprint density at radius 2 is 2.00 bits per heavy atom. The van der Waals surface area contributed by atoms with Gasteiger partial charge in [0.15, 0.2) is 5.16 Å². The van der Waals surface area contributed by atoms with Crippen molar-refractivity contribution in [3.63, 3.8) is 0 Å². The van der Waals surface area contributed by atoms with Gasteiger partial charge in [0, 0.05) is 12.4 Å². The molecule has 3 aromatic rings. The predicted octanol–water partition coefficient (Wildman–Crippen LogP) is 4.36. The van der Waals surface area contributed by atoms with Crippen LogP contribution < -0.4 is 5.43 Å². The molecule has 152 valence electrons. The summed E-state index contributed by atoms with van der Waals surface area (Å²) in [4.78, 5) is 21.5. The number of carbonyl (C=O) groups is 1. The first-order chi connectivity index (χ1) is 14.8. The number of amides is 1. The molecule has 1 aliphatic heterocycles. The van der Waals surface area contributed by atoms with Gasteiger partial charge in [0.2, 0.25) is 0 Å². The van der Waals surface area contributed by atoms with E-state index in [9.17, 15) is 4.79 Å². The maximum Gasteiger partial charge on any atom is 0.252 e. The zero-order valence-corrected chi connectivity index (χ0v) is 17.0. The van der Waals surface area contributed by atoms with Crippen LogP contribution in [0.2, 0.25) is 0 Å². The van der Waals surface area contributed by atoms with Gasteiger partial charge in [-0.2, -0.15) is 0 Å². The van der Waals surface area contributed by atoms with Crippen molar-refractivity contribution in [2.75, 3.05) is 5.75 Å². The van der Waals surface area contributed by atoms with Crippen molar-refractivity contribution in [1.82, 2.24) is 20.4 Å². The second-order valence-corrected chi connectivity index (χ2v) is 7.99. The predicted molar refractivity (Wildman–Crippen MR) is 112 cm³/mol. The number of rotatable bonds is 5. The van der Waals surface area contributed by atoms with Gasteiger partial charge >= 0.3 is 0 Å². The first-order valence-electron chi connectivity index (χ1n) is 9.79. The lowest BCUT2D eigenvalue weighted by molar-refractivity contribution is -0.132. The highest BCUT2D eigenvalue weighted by atomic mass is 32.2. The largest absolute Gasteiger partial charge is 0.467 e. The van der Waals surface area contributed by atoms with Crippen molar-refractivity contribution >= 4 is 23.7 Å². The van der Waals surface area contributed by atoms with Crippen molar-refractivity contribution in [1.29, 1.82) is 0 Å². The van der Waals surface area contributed by atoms with E-state index >= 15 is 0 Å². The van der Waals surface area contributed by atoms with Gasteiger partial charge in [0.25, 0.3) is 5.91 Å². The molecule has 0 saturated carbocycles. The maximum absolute atomic E-state index is 13.2. The number of aromatic nitrogens is 2. The fourth-order valence-electron chi connectivity index (χ4n) is 3.88. The normalized spacial score (nSPS) is 19.8. The molecule has 4 heterocycles. The Balaban J connectivity index is 1.43. The van der Waals surface area contributed by atoms with E-state index in [1.54, 1.807) is 36.0 Å². The van der Waals surface area contributed by atoms with E-state index in [2.05, 4.69) is 15.4 Å². The monoisotopic (exact) mass is 420 g/mol. The molecule has 30 heavy (non-hydrogen) atoms. The Hall–Kier alpha value is -3.26. The van der Waals surface area contributed by atoms with Gasteiger partial charge in [-0.15, -0.1) is 0 Å². The summed E-state index contributed by atoms with van der Waals surface area (Å²) in [5, 5.41) is 2.26. The molecule has 0 spiro atoms. The van der Waals surface area contributed by atoms with Crippen molar-refractivity contribution in [2.45, 2.75) is 30.5 Å². The first kappa shape index (κ1) is 18.7. The van der Waals surface area contributed by atoms with E-state index in [1.165, 1.54) is 17.3 Å². The van der Waals surface area contributed by atoms with E-state index in [0.717, 1.165) is 42.1 Å². The smallest absolute Gasteiger partial charge is 0.252 e. The SMILES string of the molecule is O=C(CSc1ncccn1)N1NC2=C(CCC/C2=C\c2ccco2)[C@H]1c1ccco1. The molecule has 1 amide bonds. The third-order valence-electron chi connectivity index (χ3n) is 5.16. The van der Waals surface area contributed by atoms with E-state index < -0.39 is 0 Å². The van der Waals surface area contributed by atoms with E-state index in [-0.39, 0.29) is 17.7 Å². The fraction of sp³-hybridized carbons (Fsp3) is 0.227. The minimum atomic E-state index is -0.264. The quantitative estimate of drug-likeness (QED) is 0.485. The molecule has 7 nitrogen and oxygen atoms in total. The molecule has 1 N–H and O–H groups in total. The third kappa shape index (κ3) is 3.66.